The quantitative estimate of drug-likeness (QED) is 0.822. The van der Waals surface area contributed by atoms with Crippen LogP contribution in [0.15, 0.2) is 12.1 Å². The van der Waals surface area contributed by atoms with Crippen LogP contribution in [0.3, 0.4) is 0 Å². The highest BCUT2D eigenvalue weighted by Crippen LogP contribution is 2.35. The van der Waals surface area contributed by atoms with Crippen LogP contribution < -0.4 is 5.32 Å². The normalized spacial score (nSPS) is 22.6. The minimum absolute atomic E-state index is 0.114. The number of phenols is 1. The SMILES string of the molecule is O=S1(=O)CCC(Nc2cc(Cl)c(O)c(Cl)c2)C1. The Morgan fingerprint density at radius 1 is 1.29 bits per heavy atom. The van der Waals surface area contributed by atoms with Gasteiger partial charge in [-0.1, -0.05) is 23.2 Å². The lowest BCUT2D eigenvalue weighted by Crippen LogP contribution is -2.20. The van der Waals surface area contributed by atoms with Gasteiger partial charge in [-0.25, -0.2) is 8.42 Å². The van der Waals surface area contributed by atoms with Gasteiger partial charge in [0, 0.05) is 11.7 Å². The lowest BCUT2D eigenvalue weighted by atomic mass is 10.2. The maximum Gasteiger partial charge on any atom is 0.152 e. The van der Waals surface area contributed by atoms with Crippen LogP contribution in [0.4, 0.5) is 5.69 Å². The molecule has 1 aliphatic rings. The predicted octanol–water partition coefficient (Wildman–Crippen LogP) is 2.30. The number of aromatic hydroxyl groups is 1. The van der Waals surface area contributed by atoms with Crippen LogP contribution in [-0.4, -0.2) is 31.1 Å². The van der Waals surface area contributed by atoms with Crippen LogP contribution in [0.25, 0.3) is 0 Å². The zero-order chi connectivity index (χ0) is 12.6. The molecule has 2 N–H and O–H groups in total. The molecule has 1 aromatic rings. The Balaban J connectivity index is 2.15. The number of phenolic OH excluding ortho intramolecular Hbond substituents is 1. The van der Waals surface area contributed by atoms with Gasteiger partial charge < -0.3 is 10.4 Å². The van der Waals surface area contributed by atoms with E-state index in [0.717, 1.165) is 0 Å². The molecule has 2 rings (SSSR count). The van der Waals surface area contributed by atoms with Gasteiger partial charge in [0.1, 0.15) is 0 Å². The van der Waals surface area contributed by atoms with Crippen molar-refractivity contribution in [2.75, 3.05) is 16.8 Å². The smallest absolute Gasteiger partial charge is 0.152 e. The molecule has 1 saturated heterocycles. The number of hydrogen-bond donors (Lipinski definition) is 2. The van der Waals surface area contributed by atoms with Gasteiger partial charge in [-0.2, -0.15) is 0 Å². The van der Waals surface area contributed by atoms with E-state index in [9.17, 15) is 13.5 Å². The highest BCUT2D eigenvalue weighted by Gasteiger charge is 2.27. The molecule has 0 saturated carbocycles. The van der Waals surface area contributed by atoms with Crippen molar-refractivity contribution in [3.8, 4) is 5.75 Å². The van der Waals surface area contributed by atoms with Gasteiger partial charge in [0.2, 0.25) is 0 Å². The first kappa shape index (κ1) is 12.8. The van der Waals surface area contributed by atoms with Gasteiger partial charge in [-0.15, -0.1) is 0 Å². The molecule has 0 amide bonds. The second kappa shape index (κ2) is 4.55. The van der Waals surface area contributed by atoms with Crippen LogP contribution in [0.1, 0.15) is 6.42 Å². The second-order valence-electron chi connectivity index (χ2n) is 4.03. The molecule has 0 radical (unpaired) electrons. The first-order valence-corrected chi connectivity index (χ1v) is 7.60. The molecular formula is C10H11Cl2NO3S. The third-order valence-corrected chi connectivity index (χ3v) is 4.96. The lowest BCUT2D eigenvalue weighted by molar-refractivity contribution is 0.476. The van der Waals surface area contributed by atoms with Crippen molar-refractivity contribution >= 4 is 38.7 Å². The van der Waals surface area contributed by atoms with E-state index in [4.69, 9.17) is 23.2 Å². The number of anilines is 1. The van der Waals surface area contributed by atoms with Crippen molar-refractivity contribution in [2.45, 2.75) is 12.5 Å². The first-order valence-electron chi connectivity index (χ1n) is 5.02. The number of sulfone groups is 1. The van der Waals surface area contributed by atoms with Crippen molar-refractivity contribution in [2.24, 2.45) is 0 Å². The highest BCUT2D eigenvalue weighted by molar-refractivity contribution is 7.91. The molecule has 1 aromatic carbocycles. The van der Waals surface area contributed by atoms with Crippen LogP contribution >= 0.6 is 23.2 Å². The predicted molar refractivity (Wildman–Crippen MR) is 68.8 cm³/mol. The van der Waals surface area contributed by atoms with E-state index in [1.807, 2.05) is 0 Å². The molecule has 1 unspecified atom stereocenters. The van der Waals surface area contributed by atoms with Crippen molar-refractivity contribution in [3.05, 3.63) is 22.2 Å². The Morgan fingerprint density at radius 3 is 2.35 bits per heavy atom. The van der Waals surface area contributed by atoms with Crippen molar-refractivity contribution < 1.29 is 13.5 Å². The molecular weight excluding hydrogens is 285 g/mol. The van der Waals surface area contributed by atoms with Gasteiger partial charge in [0.05, 0.1) is 21.6 Å². The van der Waals surface area contributed by atoms with E-state index in [0.29, 0.717) is 12.1 Å². The van der Waals surface area contributed by atoms with Crippen LogP contribution in [0.5, 0.6) is 5.75 Å². The number of benzene rings is 1. The fourth-order valence-electron chi connectivity index (χ4n) is 1.79. The molecule has 1 aliphatic heterocycles. The summed E-state index contributed by atoms with van der Waals surface area (Å²) >= 11 is 11.5. The summed E-state index contributed by atoms with van der Waals surface area (Å²) in [5.41, 5.74) is 0.611. The summed E-state index contributed by atoms with van der Waals surface area (Å²) in [6.07, 6.45) is 0.568. The van der Waals surface area contributed by atoms with Crippen molar-refractivity contribution in [1.29, 1.82) is 0 Å². The van der Waals surface area contributed by atoms with Gasteiger partial charge in [-0.05, 0) is 18.6 Å². The molecule has 7 heteroatoms. The summed E-state index contributed by atoms with van der Waals surface area (Å²) in [6.45, 7) is 0. The van der Waals surface area contributed by atoms with E-state index < -0.39 is 9.84 Å². The molecule has 0 aromatic heterocycles. The summed E-state index contributed by atoms with van der Waals surface area (Å²) in [5.74, 6) is 0.144. The van der Waals surface area contributed by atoms with Crippen LogP contribution in [-0.2, 0) is 9.84 Å². The van der Waals surface area contributed by atoms with Gasteiger partial charge in [-0.3, -0.25) is 0 Å². The standard InChI is InChI=1S/C10H11Cl2NO3S/c11-8-3-7(4-9(12)10(8)14)13-6-1-2-17(15,16)5-6/h3-4,6,13-14H,1-2,5H2. The summed E-state index contributed by atoms with van der Waals surface area (Å²) in [6, 6.07) is 2.91. The van der Waals surface area contributed by atoms with E-state index in [-0.39, 0.29) is 33.3 Å². The van der Waals surface area contributed by atoms with Gasteiger partial charge >= 0.3 is 0 Å². The van der Waals surface area contributed by atoms with Gasteiger partial charge in [0.25, 0.3) is 0 Å². The Hall–Kier alpha value is -0.650. The first-order chi connectivity index (χ1) is 7.87. The van der Waals surface area contributed by atoms with Crippen LogP contribution in [0.2, 0.25) is 10.0 Å². The molecule has 0 bridgehead atoms. The summed E-state index contributed by atoms with van der Waals surface area (Å²) in [5, 5.41) is 12.7. The number of hydrogen-bond acceptors (Lipinski definition) is 4. The summed E-state index contributed by atoms with van der Waals surface area (Å²) in [7, 11) is -2.92. The topological polar surface area (TPSA) is 66.4 Å². The maximum absolute atomic E-state index is 11.3. The third-order valence-electron chi connectivity index (χ3n) is 2.62. The second-order valence-corrected chi connectivity index (χ2v) is 7.08. The Morgan fingerprint density at radius 2 is 1.88 bits per heavy atom. The molecule has 94 valence electrons. The summed E-state index contributed by atoms with van der Waals surface area (Å²) < 4.78 is 22.6. The monoisotopic (exact) mass is 295 g/mol. The van der Waals surface area contributed by atoms with Gasteiger partial charge in [0.15, 0.2) is 15.6 Å². The van der Waals surface area contributed by atoms with Crippen molar-refractivity contribution in [3.63, 3.8) is 0 Å². The molecule has 0 spiro atoms. The van der Waals surface area contributed by atoms with Crippen molar-refractivity contribution in [1.82, 2.24) is 0 Å². The fourth-order valence-corrected chi connectivity index (χ4v) is 3.95. The van der Waals surface area contributed by atoms with E-state index in [2.05, 4.69) is 5.32 Å². The minimum Gasteiger partial charge on any atom is -0.505 e. The molecule has 4 nitrogen and oxygen atoms in total. The minimum atomic E-state index is -2.92. The summed E-state index contributed by atoms with van der Waals surface area (Å²) in [4.78, 5) is 0. The molecule has 1 atom stereocenters. The molecule has 1 fully saturated rings. The van der Waals surface area contributed by atoms with E-state index in [1.54, 1.807) is 0 Å². The average molecular weight is 296 g/mol. The van der Waals surface area contributed by atoms with E-state index >= 15 is 0 Å². The number of nitrogens with one attached hydrogen (secondary N) is 1. The molecule has 1 heterocycles. The Kier molecular flexibility index (Phi) is 3.43. The lowest BCUT2D eigenvalue weighted by Gasteiger charge is -2.13. The van der Waals surface area contributed by atoms with E-state index in [1.165, 1.54) is 12.1 Å². The largest absolute Gasteiger partial charge is 0.505 e. The molecule has 17 heavy (non-hydrogen) atoms. The van der Waals surface area contributed by atoms with Crippen LogP contribution in [0, 0.1) is 0 Å². The fraction of sp³-hybridized carbons (Fsp3) is 0.400. The zero-order valence-electron chi connectivity index (χ0n) is 8.78. The zero-order valence-corrected chi connectivity index (χ0v) is 11.1. The number of halogens is 2. The number of rotatable bonds is 2. The Bertz CT molecular complexity index is 521. The highest BCUT2D eigenvalue weighted by atomic mass is 35.5. The average Bonchev–Trinajstić information content (AvgIpc) is 2.54. The molecule has 0 aliphatic carbocycles. The maximum atomic E-state index is 11.3. The third kappa shape index (κ3) is 2.97. The Labute approximate surface area is 109 Å².